The molecule has 3 rings (SSSR count). The van der Waals surface area contributed by atoms with Crippen LogP contribution in [0.4, 0.5) is 0 Å². The summed E-state index contributed by atoms with van der Waals surface area (Å²) < 4.78 is 0. The van der Waals surface area contributed by atoms with Crippen LogP contribution in [0, 0.1) is 11.3 Å². The van der Waals surface area contributed by atoms with Crippen molar-refractivity contribution in [3.8, 4) is 6.07 Å². The van der Waals surface area contributed by atoms with E-state index in [0.717, 1.165) is 12.8 Å². The molecule has 1 aliphatic rings. The van der Waals surface area contributed by atoms with Gasteiger partial charge in [0, 0.05) is 22.4 Å². The van der Waals surface area contributed by atoms with Crippen molar-refractivity contribution in [2.24, 2.45) is 0 Å². The number of amides is 1. The summed E-state index contributed by atoms with van der Waals surface area (Å²) in [7, 11) is 0. The van der Waals surface area contributed by atoms with E-state index in [9.17, 15) is 4.79 Å². The highest BCUT2D eigenvalue weighted by atomic mass is 32.1. The number of hydrogen-bond acceptors (Lipinski definition) is 3. The molecule has 1 amide bonds. The predicted octanol–water partition coefficient (Wildman–Crippen LogP) is 3.08. The second-order valence-electron chi connectivity index (χ2n) is 5.13. The van der Waals surface area contributed by atoms with Crippen molar-refractivity contribution in [3.05, 3.63) is 57.8 Å². The molecule has 2 aromatic rings. The zero-order valence-electron chi connectivity index (χ0n) is 10.9. The van der Waals surface area contributed by atoms with E-state index < -0.39 is 0 Å². The number of nitrogens with one attached hydrogen (secondary N) is 1. The van der Waals surface area contributed by atoms with Crippen LogP contribution in [0.2, 0.25) is 0 Å². The lowest BCUT2D eigenvalue weighted by Gasteiger charge is -2.14. The Kier molecular flexibility index (Phi) is 3.29. The average Bonchev–Trinajstić information content (AvgIpc) is 3.08. The zero-order valence-corrected chi connectivity index (χ0v) is 11.7. The van der Waals surface area contributed by atoms with Crippen molar-refractivity contribution in [2.45, 2.75) is 18.3 Å². The molecule has 1 N–H and O–H groups in total. The minimum atomic E-state index is -0.0719. The molecule has 1 saturated carbocycles. The third kappa shape index (κ3) is 2.45. The first-order chi connectivity index (χ1) is 9.73. The molecule has 0 radical (unpaired) electrons. The summed E-state index contributed by atoms with van der Waals surface area (Å²) in [6.45, 7) is 0.687. The zero-order chi connectivity index (χ0) is 14.0. The molecule has 3 nitrogen and oxygen atoms in total. The van der Waals surface area contributed by atoms with E-state index in [-0.39, 0.29) is 11.3 Å². The summed E-state index contributed by atoms with van der Waals surface area (Å²) >= 11 is 1.76. The van der Waals surface area contributed by atoms with E-state index >= 15 is 0 Å². The molecule has 20 heavy (non-hydrogen) atoms. The van der Waals surface area contributed by atoms with Crippen LogP contribution < -0.4 is 5.32 Å². The van der Waals surface area contributed by atoms with Crippen molar-refractivity contribution in [3.63, 3.8) is 0 Å². The van der Waals surface area contributed by atoms with E-state index in [1.54, 1.807) is 35.6 Å². The summed E-state index contributed by atoms with van der Waals surface area (Å²) in [4.78, 5) is 13.5. The van der Waals surface area contributed by atoms with Crippen LogP contribution in [0.5, 0.6) is 0 Å². The topological polar surface area (TPSA) is 52.9 Å². The van der Waals surface area contributed by atoms with Crippen molar-refractivity contribution in [1.82, 2.24) is 5.32 Å². The fraction of sp³-hybridized carbons (Fsp3) is 0.250. The molecule has 1 aliphatic carbocycles. The lowest BCUT2D eigenvalue weighted by atomic mass is 10.0. The van der Waals surface area contributed by atoms with Crippen LogP contribution in [0.25, 0.3) is 0 Å². The number of thiophene rings is 1. The quantitative estimate of drug-likeness (QED) is 0.937. The van der Waals surface area contributed by atoms with E-state index in [0.29, 0.717) is 17.7 Å². The van der Waals surface area contributed by atoms with Gasteiger partial charge in [-0.25, -0.2) is 0 Å². The summed E-state index contributed by atoms with van der Waals surface area (Å²) in [5.74, 6) is -0.0719. The van der Waals surface area contributed by atoms with Crippen LogP contribution in [0.3, 0.4) is 0 Å². The molecule has 0 saturated heterocycles. The Morgan fingerprint density at radius 1 is 1.30 bits per heavy atom. The molecular formula is C16H14N2OS. The Hall–Kier alpha value is -2.12. The van der Waals surface area contributed by atoms with Crippen LogP contribution in [-0.4, -0.2) is 12.5 Å². The number of rotatable bonds is 4. The van der Waals surface area contributed by atoms with Gasteiger partial charge < -0.3 is 5.32 Å². The molecule has 0 spiro atoms. The molecule has 1 aromatic carbocycles. The van der Waals surface area contributed by atoms with E-state index in [1.807, 2.05) is 6.07 Å². The van der Waals surface area contributed by atoms with Gasteiger partial charge in [0.05, 0.1) is 11.6 Å². The van der Waals surface area contributed by atoms with E-state index in [1.165, 1.54) is 4.88 Å². The number of hydrogen-bond donors (Lipinski definition) is 1. The molecule has 0 bridgehead atoms. The van der Waals surface area contributed by atoms with Crippen molar-refractivity contribution >= 4 is 17.2 Å². The van der Waals surface area contributed by atoms with Gasteiger partial charge in [-0.2, -0.15) is 5.26 Å². The number of nitriles is 1. The molecule has 1 aromatic heterocycles. The van der Waals surface area contributed by atoms with Crippen molar-refractivity contribution < 1.29 is 4.79 Å². The van der Waals surface area contributed by atoms with Gasteiger partial charge in [0.2, 0.25) is 0 Å². The van der Waals surface area contributed by atoms with Crippen molar-refractivity contribution in [2.75, 3.05) is 6.54 Å². The van der Waals surface area contributed by atoms with Crippen LogP contribution in [0.1, 0.15) is 33.6 Å². The van der Waals surface area contributed by atoms with Gasteiger partial charge in [-0.1, -0.05) is 6.07 Å². The molecule has 100 valence electrons. The second-order valence-corrected chi connectivity index (χ2v) is 6.08. The molecular weight excluding hydrogens is 268 g/mol. The first-order valence-electron chi connectivity index (χ1n) is 6.56. The number of carbonyl (C=O) groups is 1. The normalized spacial score (nSPS) is 15.3. The summed E-state index contributed by atoms with van der Waals surface area (Å²) in [6.07, 6.45) is 2.28. The van der Waals surface area contributed by atoms with Gasteiger partial charge >= 0.3 is 0 Å². The largest absolute Gasteiger partial charge is 0.351 e. The lowest BCUT2D eigenvalue weighted by Crippen LogP contribution is -2.31. The first-order valence-corrected chi connectivity index (χ1v) is 7.44. The molecule has 0 unspecified atom stereocenters. The second kappa shape index (κ2) is 5.10. The molecule has 4 heteroatoms. The first kappa shape index (κ1) is 12.9. The third-order valence-electron chi connectivity index (χ3n) is 3.76. The summed E-state index contributed by atoms with van der Waals surface area (Å²) in [5, 5.41) is 13.8. The lowest BCUT2D eigenvalue weighted by molar-refractivity contribution is 0.0950. The van der Waals surface area contributed by atoms with Gasteiger partial charge in [-0.05, 0) is 48.6 Å². The smallest absolute Gasteiger partial charge is 0.251 e. The number of nitrogens with zero attached hydrogens (tertiary/aromatic N) is 1. The van der Waals surface area contributed by atoms with Gasteiger partial charge in [0.25, 0.3) is 5.91 Å². The SMILES string of the molecule is N#Cc1ccc(C(=O)NCC2(c3cccs3)CC2)cc1. The molecule has 0 aliphatic heterocycles. The molecule has 0 atom stereocenters. The maximum absolute atomic E-state index is 12.1. The minimum absolute atomic E-state index is 0.0719. The van der Waals surface area contributed by atoms with Gasteiger partial charge in [-0.3, -0.25) is 4.79 Å². The highest BCUT2D eigenvalue weighted by Gasteiger charge is 2.45. The fourth-order valence-electron chi connectivity index (χ4n) is 2.29. The Morgan fingerprint density at radius 2 is 2.05 bits per heavy atom. The predicted molar refractivity (Wildman–Crippen MR) is 78.7 cm³/mol. The summed E-state index contributed by atoms with van der Waals surface area (Å²) in [5.41, 5.74) is 1.33. The van der Waals surface area contributed by atoms with Gasteiger partial charge in [-0.15, -0.1) is 11.3 Å². The highest BCUT2D eigenvalue weighted by Crippen LogP contribution is 2.49. The number of benzene rings is 1. The van der Waals surface area contributed by atoms with E-state index in [2.05, 4.69) is 22.8 Å². The van der Waals surface area contributed by atoms with Gasteiger partial charge in [0.1, 0.15) is 0 Å². The third-order valence-corrected chi connectivity index (χ3v) is 4.88. The maximum atomic E-state index is 12.1. The Labute approximate surface area is 121 Å². The van der Waals surface area contributed by atoms with Gasteiger partial charge in [0.15, 0.2) is 0 Å². The van der Waals surface area contributed by atoms with Crippen LogP contribution >= 0.6 is 11.3 Å². The minimum Gasteiger partial charge on any atom is -0.351 e. The average molecular weight is 282 g/mol. The highest BCUT2D eigenvalue weighted by molar-refractivity contribution is 7.10. The number of carbonyl (C=O) groups excluding carboxylic acids is 1. The monoisotopic (exact) mass is 282 g/mol. The standard InChI is InChI=1S/C16H14N2OS/c17-10-12-3-5-13(6-4-12)15(19)18-11-16(7-8-16)14-2-1-9-20-14/h1-6,9H,7-8,11H2,(H,18,19). The Morgan fingerprint density at radius 3 is 2.60 bits per heavy atom. The maximum Gasteiger partial charge on any atom is 0.251 e. The molecule has 1 fully saturated rings. The van der Waals surface area contributed by atoms with Crippen LogP contribution in [-0.2, 0) is 5.41 Å². The Balaban J connectivity index is 1.64. The Bertz CT molecular complexity index is 649. The van der Waals surface area contributed by atoms with E-state index in [4.69, 9.17) is 5.26 Å². The van der Waals surface area contributed by atoms with Crippen LogP contribution in [0.15, 0.2) is 41.8 Å². The summed E-state index contributed by atoms with van der Waals surface area (Å²) in [6, 6.07) is 13.0. The fourth-order valence-corrected chi connectivity index (χ4v) is 3.28. The molecule has 1 heterocycles. The van der Waals surface area contributed by atoms with Crippen molar-refractivity contribution in [1.29, 1.82) is 5.26 Å².